The summed E-state index contributed by atoms with van der Waals surface area (Å²) in [7, 11) is 0. The van der Waals surface area contributed by atoms with Gasteiger partial charge in [0.2, 0.25) is 0 Å². The molecule has 25 heavy (non-hydrogen) atoms. The minimum atomic E-state index is -1.26. The van der Waals surface area contributed by atoms with Gasteiger partial charge in [0, 0.05) is 17.5 Å². The molecule has 8 heteroatoms. The molecule has 3 N–H and O–H groups in total. The zero-order valence-corrected chi connectivity index (χ0v) is 12.4. The van der Waals surface area contributed by atoms with Crippen LogP contribution in [0, 0.1) is 17.5 Å². The van der Waals surface area contributed by atoms with E-state index in [9.17, 15) is 22.8 Å². The van der Waals surface area contributed by atoms with E-state index < -0.39 is 34.9 Å². The van der Waals surface area contributed by atoms with Gasteiger partial charge in [-0.25, -0.2) is 22.9 Å². The van der Waals surface area contributed by atoms with Crippen LogP contribution in [0.1, 0.15) is 20.8 Å². The second-order valence-electron chi connectivity index (χ2n) is 5.20. The summed E-state index contributed by atoms with van der Waals surface area (Å²) in [6.07, 6.45) is 0. The number of primary amides is 1. The highest BCUT2D eigenvalue weighted by atomic mass is 19.1. The standard InChI is InChI=1S/C17H9F3N2O3/c18-8-4-11(19)15(12(20)5-8)10-6-14(16(21)23)22-13-2-1-7(17(24)25)3-9(10)13/h1-6H,(H2,21,23)(H,24,25). The molecule has 2 aromatic carbocycles. The van der Waals surface area contributed by atoms with Gasteiger partial charge < -0.3 is 10.8 Å². The lowest BCUT2D eigenvalue weighted by Crippen LogP contribution is -2.13. The number of rotatable bonds is 3. The summed E-state index contributed by atoms with van der Waals surface area (Å²) < 4.78 is 41.5. The van der Waals surface area contributed by atoms with E-state index in [1.165, 1.54) is 12.1 Å². The molecular weight excluding hydrogens is 337 g/mol. The number of hydrogen-bond acceptors (Lipinski definition) is 3. The second-order valence-corrected chi connectivity index (χ2v) is 5.20. The van der Waals surface area contributed by atoms with E-state index in [4.69, 9.17) is 10.8 Å². The van der Waals surface area contributed by atoms with Crippen molar-refractivity contribution in [1.82, 2.24) is 4.98 Å². The highest BCUT2D eigenvalue weighted by molar-refractivity contribution is 6.03. The van der Waals surface area contributed by atoms with Crippen molar-refractivity contribution in [3.05, 3.63) is 65.1 Å². The Labute approximate surface area is 138 Å². The van der Waals surface area contributed by atoms with Gasteiger partial charge in [-0.15, -0.1) is 0 Å². The van der Waals surface area contributed by atoms with Crippen LogP contribution in [0.2, 0.25) is 0 Å². The van der Waals surface area contributed by atoms with Crippen LogP contribution in [0.15, 0.2) is 36.4 Å². The molecule has 0 atom stereocenters. The lowest BCUT2D eigenvalue weighted by Gasteiger charge is -2.11. The van der Waals surface area contributed by atoms with Crippen molar-refractivity contribution < 1.29 is 27.9 Å². The summed E-state index contributed by atoms with van der Waals surface area (Å²) in [6, 6.07) is 5.67. The molecule has 0 fully saturated rings. The summed E-state index contributed by atoms with van der Waals surface area (Å²) in [5.74, 6) is -5.72. The largest absolute Gasteiger partial charge is 0.478 e. The summed E-state index contributed by atoms with van der Waals surface area (Å²) >= 11 is 0. The maximum absolute atomic E-state index is 14.2. The minimum absolute atomic E-state index is 0.0781. The van der Waals surface area contributed by atoms with Crippen LogP contribution in [0.4, 0.5) is 13.2 Å². The van der Waals surface area contributed by atoms with Gasteiger partial charge in [0.15, 0.2) is 0 Å². The van der Waals surface area contributed by atoms with Crippen molar-refractivity contribution in [2.45, 2.75) is 0 Å². The lowest BCUT2D eigenvalue weighted by molar-refractivity contribution is 0.0696. The van der Waals surface area contributed by atoms with Crippen molar-refractivity contribution >= 4 is 22.8 Å². The predicted molar refractivity (Wildman–Crippen MR) is 82.5 cm³/mol. The van der Waals surface area contributed by atoms with Crippen LogP contribution in [-0.2, 0) is 0 Å². The third kappa shape index (κ3) is 2.89. The predicted octanol–water partition coefficient (Wildman–Crippen LogP) is 3.12. The topological polar surface area (TPSA) is 93.3 Å². The number of nitrogens with two attached hydrogens (primary N) is 1. The molecule has 0 aliphatic heterocycles. The van der Waals surface area contributed by atoms with E-state index in [0.29, 0.717) is 12.1 Å². The van der Waals surface area contributed by atoms with E-state index in [2.05, 4.69) is 4.98 Å². The number of aromatic nitrogens is 1. The number of aromatic carboxylic acids is 1. The molecule has 1 amide bonds. The van der Waals surface area contributed by atoms with Gasteiger partial charge in [0.25, 0.3) is 5.91 Å². The van der Waals surface area contributed by atoms with Crippen molar-refractivity contribution in [3.8, 4) is 11.1 Å². The van der Waals surface area contributed by atoms with Crippen molar-refractivity contribution in [2.75, 3.05) is 0 Å². The summed E-state index contributed by atoms with van der Waals surface area (Å²) in [5, 5.41) is 9.18. The quantitative estimate of drug-likeness (QED) is 0.762. The van der Waals surface area contributed by atoms with Crippen LogP contribution >= 0.6 is 0 Å². The van der Waals surface area contributed by atoms with Crippen molar-refractivity contribution in [1.29, 1.82) is 0 Å². The van der Waals surface area contributed by atoms with E-state index in [1.54, 1.807) is 0 Å². The van der Waals surface area contributed by atoms with Gasteiger partial charge in [-0.1, -0.05) is 0 Å². The van der Waals surface area contributed by atoms with Gasteiger partial charge in [-0.2, -0.15) is 0 Å². The SMILES string of the molecule is NC(=O)c1cc(-c2c(F)cc(F)cc2F)c2cc(C(=O)O)ccc2n1. The fourth-order valence-corrected chi connectivity index (χ4v) is 2.49. The molecule has 0 saturated heterocycles. The summed E-state index contributed by atoms with van der Waals surface area (Å²) in [5.41, 5.74) is 4.11. The van der Waals surface area contributed by atoms with Gasteiger partial charge in [-0.3, -0.25) is 4.79 Å². The van der Waals surface area contributed by atoms with E-state index in [1.807, 2.05) is 0 Å². The molecule has 0 aliphatic rings. The van der Waals surface area contributed by atoms with Crippen LogP contribution in [-0.4, -0.2) is 22.0 Å². The number of carboxylic acid groups (broad SMARTS) is 1. The molecule has 1 aromatic heterocycles. The molecule has 1 heterocycles. The van der Waals surface area contributed by atoms with E-state index in [0.717, 1.165) is 12.1 Å². The maximum atomic E-state index is 14.2. The average Bonchev–Trinajstić information content (AvgIpc) is 2.52. The van der Waals surface area contributed by atoms with Gasteiger partial charge in [0.1, 0.15) is 23.1 Å². The molecule has 0 saturated carbocycles. The molecule has 0 aliphatic carbocycles. The number of pyridine rings is 1. The summed E-state index contributed by atoms with van der Waals surface area (Å²) in [6.45, 7) is 0. The molecule has 5 nitrogen and oxygen atoms in total. The molecule has 3 aromatic rings. The Kier molecular flexibility index (Phi) is 3.88. The number of halogens is 3. The highest BCUT2D eigenvalue weighted by Crippen LogP contribution is 2.33. The Bertz CT molecular complexity index is 1030. The molecule has 3 rings (SSSR count). The Morgan fingerprint density at radius 1 is 1.00 bits per heavy atom. The Morgan fingerprint density at radius 3 is 2.20 bits per heavy atom. The minimum Gasteiger partial charge on any atom is -0.478 e. The first kappa shape index (κ1) is 16.4. The molecule has 0 radical (unpaired) electrons. The van der Waals surface area contributed by atoms with E-state index >= 15 is 0 Å². The van der Waals surface area contributed by atoms with Crippen LogP contribution in [0.3, 0.4) is 0 Å². The number of amides is 1. The fraction of sp³-hybridized carbons (Fsp3) is 0. The number of carbonyl (C=O) groups excluding carboxylic acids is 1. The number of hydrogen-bond donors (Lipinski definition) is 2. The second kappa shape index (κ2) is 5.90. The first-order valence-electron chi connectivity index (χ1n) is 6.90. The van der Waals surface area contributed by atoms with Crippen LogP contribution < -0.4 is 5.73 Å². The van der Waals surface area contributed by atoms with Gasteiger partial charge in [-0.05, 0) is 29.8 Å². The smallest absolute Gasteiger partial charge is 0.335 e. The third-order valence-electron chi connectivity index (χ3n) is 3.58. The zero-order valence-electron chi connectivity index (χ0n) is 12.4. The van der Waals surface area contributed by atoms with Crippen molar-refractivity contribution in [2.24, 2.45) is 5.73 Å². The average molecular weight is 346 g/mol. The number of fused-ring (bicyclic) bond motifs is 1. The molecule has 0 unspecified atom stereocenters. The first-order chi connectivity index (χ1) is 11.8. The highest BCUT2D eigenvalue weighted by Gasteiger charge is 2.20. The van der Waals surface area contributed by atoms with Crippen LogP contribution in [0.25, 0.3) is 22.0 Å². The van der Waals surface area contributed by atoms with E-state index in [-0.39, 0.29) is 27.7 Å². The lowest BCUT2D eigenvalue weighted by atomic mass is 9.97. The number of nitrogens with zero attached hydrogens (tertiary/aromatic N) is 1. The number of carbonyl (C=O) groups is 2. The number of carboxylic acids is 1. The molecule has 0 spiro atoms. The molecule has 126 valence electrons. The Hall–Kier alpha value is -3.42. The third-order valence-corrected chi connectivity index (χ3v) is 3.58. The number of benzene rings is 2. The normalized spacial score (nSPS) is 10.8. The van der Waals surface area contributed by atoms with Gasteiger partial charge >= 0.3 is 5.97 Å². The fourth-order valence-electron chi connectivity index (χ4n) is 2.49. The monoisotopic (exact) mass is 346 g/mol. The zero-order chi connectivity index (χ0) is 18.3. The maximum Gasteiger partial charge on any atom is 0.335 e. The van der Waals surface area contributed by atoms with Crippen LogP contribution in [0.5, 0.6) is 0 Å². The Morgan fingerprint density at radius 2 is 1.64 bits per heavy atom. The van der Waals surface area contributed by atoms with Gasteiger partial charge in [0.05, 0.1) is 16.6 Å². The van der Waals surface area contributed by atoms with Crippen molar-refractivity contribution in [3.63, 3.8) is 0 Å². The first-order valence-corrected chi connectivity index (χ1v) is 6.90. The molecular formula is C17H9F3N2O3. The Balaban J connectivity index is 2.44. The molecule has 0 bridgehead atoms. The summed E-state index contributed by atoms with van der Waals surface area (Å²) in [4.78, 5) is 26.6.